The monoisotopic (exact) mass is 345 g/mol. The lowest BCUT2D eigenvalue weighted by molar-refractivity contribution is -0.122. The van der Waals surface area contributed by atoms with Gasteiger partial charge in [0, 0.05) is 22.5 Å². The molecule has 2 rings (SSSR count). The maximum absolute atomic E-state index is 12.1. The van der Waals surface area contributed by atoms with Crippen LogP contribution in [0.4, 0.5) is 5.69 Å². The summed E-state index contributed by atoms with van der Waals surface area (Å²) >= 11 is 3.45. The number of Topliss-reactive ketones (excluding diaryl/α,β-unsaturated/α-hetero) is 1. The van der Waals surface area contributed by atoms with Gasteiger partial charge in [0.1, 0.15) is 5.78 Å². The van der Waals surface area contributed by atoms with Crippen molar-refractivity contribution in [1.29, 1.82) is 0 Å². The fraction of sp³-hybridized carbons (Fsp3) is 0.278. The molecule has 21 heavy (non-hydrogen) atoms. The molecule has 2 aromatic carbocycles. The van der Waals surface area contributed by atoms with Crippen molar-refractivity contribution >= 4 is 27.4 Å². The molecule has 0 aromatic heterocycles. The number of carbonyl (C=O) groups is 1. The average molecular weight is 346 g/mol. The highest BCUT2D eigenvalue weighted by molar-refractivity contribution is 9.10. The second-order valence-electron chi connectivity index (χ2n) is 5.15. The third-order valence-electron chi connectivity index (χ3n) is 3.68. The summed E-state index contributed by atoms with van der Waals surface area (Å²) in [5, 5.41) is 3.49. The molecule has 0 aliphatic heterocycles. The molecule has 3 heteroatoms. The number of nitrogens with one attached hydrogen (secondary N) is 1. The van der Waals surface area contributed by atoms with Gasteiger partial charge in [-0.1, -0.05) is 60.1 Å². The molecule has 0 bridgehead atoms. The second-order valence-corrected chi connectivity index (χ2v) is 6.06. The lowest BCUT2D eigenvalue weighted by atomic mass is 9.90. The molecule has 0 aliphatic rings. The van der Waals surface area contributed by atoms with E-state index in [0.29, 0.717) is 6.42 Å². The molecule has 0 spiro atoms. The molecule has 0 radical (unpaired) electrons. The Morgan fingerprint density at radius 1 is 1.10 bits per heavy atom. The maximum atomic E-state index is 12.1. The van der Waals surface area contributed by atoms with Gasteiger partial charge < -0.3 is 5.32 Å². The molecule has 0 saturated heterocycles. The van der Waals surface area contributed by atoms with Gasteiger partial charge in [0.2, 0.25) is 0 Å². The molecule has 0 heterocycles. The maximum Gasteiger partial charge on any atom is 0.137 e. The van der Waals surface area contributed by atoms with Crippen LogP contribution in [0.15, 0.2) is 59.1 Å². The Morgan fingerprint density at radius 2 is 1.71 bits per heavy atom. The van der Waals surface area contributed by atoms with Crippen molar-refractivity contribution in [3.05, 3.63) is 64.6 Å². The van der Waals surface area contributed by atoms with Crippen LogP contribution in [0, 0.1) is 5.92 Å². The summed E-state index contributed by atoms with van der Waals surface area (Å²) in [6, 6.07) is 18.1. The number of ketones is 1. The molecule has 1 N–H and O–H groups in total. The summed E-state index contributed by atoms with van der Waals surface area (Å²) in [6.45, 7) is 3.91. The van der Waals surface area contributed by atoms with E-state index < -0.39 is 0 Å². The fourth-order valence-electron chi connectivity index (χ4n) is 2.39. The van der Waals surface area contributed by atoms with Crippen molar-refractivity contribution in [3.8, 4) is 0 Å². The van der Waals surface area contributed by atoms with Crippen molar-refractivity contribution in [1.82, 2.24) is 0 Å². The van der Waals surface area contributed by atoms with Gasteiger partial charge in [0.05, 0.1) is 6.04 Å². The van der Waals surface area contributed by atoms with Gasteiger partial charge in [-0.05, 0) is 29.8 Å². The summed E-state index contributed by atoms with van der Waals surface area (Å²) < 4.78 is 1.04. The van der Waals surface area contributed by atoms with E-state index in [1.54, 1.807) is 0 Å². The Hall–Kier alpha value is -1.61. The van der Waals surface area contributed by atoms with Crippen molar-refractivity contribution in [2.45, 2.75) is 26.3 Å². The number of anilines is 1. The van der Waals surface area contributed by atoms with Crippen molar-refractivity contribution in [3.63, 3.8) is 0 Å². The molecule has 0 amide bonds. The first kappa shape index (κ1) is 15.8. The Bertz CT molecular complexity index is 580. The highest BCUT2D eigenvalue weighted by Gasteiger charge is 2.24. The third kappa shape index (κ3) is 4.18. The van der Waals surface area contributed by atoms with E-state index >= 15 is 0 Å². The number of para-hydroxylation sites is 1. The minimum atomic E-state index is -0.0728. The van der Waals surface area contributed by atoms with E-state index in [9.17, 15) is 4.79 Å². The van der Waals surface area contributed by atoms with E-state index in [1.165, 1.54) is 0 Å². The molecule has 0 unspecified atom stereocenters. The zero-order valence-corrected chi connectivity index (χ0v) is 13.9. The predicted octanol–water partition coefficient (Wildman–Crippen LogP) is 5.22. The highest BCUT2D eigenvalue weighted by Crippen LogP contribution is 2.29. The fourth-order valence-corrected chi connectivity index (χ4v) is 2.65. The van der Waals surface area contributed by atoms with Gasteiger partial charge in [-0.2, -0.15) is 0 Å². The van der Waals surface area contributed by atoms with Crippen molar-refractivity contribution < 1.29 is 4.79 Å². The summed E-state index contributed by atoms with van der Waals surface area (Å²) in [5.41, 5.74) is 2.15. The lowest BCUT2D eigenvalue weighted by Crippen LogP contribution is -2.25. The Morgan fingerprint density at radius 3 is 2.29 bits per heavy atom. The van der Waals surface area contributed by atoms with Gasteiger partial charge in [0.25, 0.3) is 0 Å². The molecule has 2 aromatic rings. The predicted molar refractivity (Wildman–Crippen MR) is 91.4 cm³/mol. The summed E-state index contributed by atoms with van der Waals surface area (Å²) in [4.78, 5) is 12.1. The first-order valence-electron chi connectivity index (χ1n) is 7.21. The number of benzene rings is 2. The number of hydrogen-bond donors (Lipinski definition) is 1. The SMILES string of the molecule is CCC(=O)[C@H](C)[C@@H](Nc1ccccc1)c1ccc(Br)cc1. The van der Waals surface area contributed by atoms with Crippen LogP contribution in [-0.4, -0.2) is 5.78 Å². The average Bonchev–Trinajstić information content (AvgIpc) is 2.53. The van der Waals surface area contributed by atoms with Crippen LogP contribution in [0.2, 0.25) is 0 Å². The molecule has 2 atom stereocenters. The lowest BCUT2D eigenvalue weighted by Gasteiger charge is -2.26. The van der Waals surface area contributed by atoms with Gasteiger partial charge in [-0.15, -0.1) is 0 Å². The van der Waals surface area contributed by atoms with Crippen molar-refractivity contribution in [2.75, 3.05) is 5.32 Å². The van der Waals surface area contributed by atoms with Crippen LogP contribution >= 0.6 is 15.9 Å². The van der Waals surface area contributed by atoms with E-state index in [4.69, 9.17) is 0 Å². The zero-order valence-electron chi connectivity index (χ0n) is 12.3. The molecular formula is C18H20BrNO. The zero-order chi connectivity index (χ0) is 15.2. The first-order chi connectivity index (χ1) is 10.1. The van der Waals surface area contributed by atoms with Gasteiger partial charge in [-0.25, -0.2) is 0 Å². The smallest absolute Gasteiger partial charge is 0.137 e. The number of halogens is 1. The third-order valence-corrected chi connectivity index (χ3v) is 4.21. The molecule has 0 aliphatic carbocycles. The highest BCUT2D eigenvalue weighted by atomic mass is 79.9. The molecule has 0 fully saturated rings. The number of hydrogen-bond acceptors (Lipinski definition) is 2. The summed E-state index contributed by atoms with van der Waals surface area (Å²) in [7, 11) is 0. The quantitative estimate of drug-likeness (QED) is 0.777. The standard InChI is InChI=1S/C18H20BrNO/c1-3-17(21)13(2)18(14-9-11-15(19)12-10-14)20-16-7-5-4-6-8-16/h4-13,18,20H,3H2,1-2H3/t13-,18+/m0/s1. The van der Waals surface area contributed by atoms with Gasteiger partial charge in [0.15, 0.2) is 0 Å². The molecule has 2 nitrogen and oxygen atoms in total. The summed E-state index contributed by atoms with van der Waals surface area (Å²) in [5.74, 6) is 0.197. The van der Waals surface area contributed by atoms with E-state index in [1.807, 2.05) is 56.3 Å². The van der Waals surface area contributed by atoms with E-state index in [-0.39, 0.29) is 17.7 Å². The molecule has 110 valence electrons. The van der Waals surface area contributed by atoms with Crippen LogP contribution < -0.4 is 5.32 Å². The summed E-state index contributed by atoms with van der Waals surface area (Å²) in [6.07, 6.45) is 0.560. The minimum absolute atomic E-state index is 0.0204. The minimum Gasteiger partial charge on any atom is -0.378 e. The Balaban J connectivity index is 2.29. The second kappa shape index (κ2) is 7.41. The van der Waals surface area contributed by atoms with E-state index in [0.717, 1.165) is 15.7 Å². The van der Waals surface area contributed by atoms with Crippen LogP contribution in [0.3, 0.4) is 0 Å². The normalized spacial score (nSPS) is 13.5. The number of carbonyl (C=O) groups excluding carboxylic acids is 1. The topological polar surface area (TPSA) is 29.1 Å². The molecular weight excluding hydrogens is 326 g/mol. The van der Waals surface area contributed by atoms with Gasteiger partial charge >= 0.3 is 0 Å². The first-order valence-corrected chi connectivity index (χ1v) is 8.01. The van der Waals surface area contributed by atoms with Crippen LogP contribution in [0.5, 0.6) is 0 Å². The molecule has 0 saturated carbocycles. The van der Waals surface area contributed by atoms with Crippen LogP contribution in [0.25, 0.3) is 0 Å². The Kier molecular flexibility index (Phi) is 5.57. The van der Waals surface area contributed by atoms with Crippen LogP contribution in [0.1, 0.15) is 31.9 Å². The van der Waals surface area contributed by atoms with Gasteiger partial charge in [-0.3, -0.25) is 4.79 Å². The number of rotatable bonds is 6. The largest absolute Gasteiger partial charge is 0.378 e. The van der Waals surface area contributed by atoms with Crippen LogP contribution in [-0.2, 0) is 4.79 Å². The van der Waals surface area contributed by atoms with Crippen molar-refractivity contribution in [2.24, 2.45) is 5.92 Å². The van der Waals surface area contributed by atoms with E-state index in [2.05, 4.69) is 33.4 Å². The Labute approximate surface area is 134 Å².